The Balaban J connectivity index is 1.83. The highest BCUT2D eigenvalue weighted by atomic mass is 32.1. The standard InChI is InChI=1S/C16H19NO2S/c18-10-7-13(15-8-11-20-12-15)6-9-17-16(19)14-4-2-1-3-5-14/h1-5,8,11-13,18H,6-7,9-10H2,(H,17,19)/t13-/m0/s1. The van der Waals surface area contributed by atoms with Crippen LogP contribution in [0.2, 0.25) is 0 Å². The third-order valence-electron chi connectivity index (χ3n) is 3.31. The Morgan fingerprint density at radius 1 is 1.20 bits per heavy atom. The molecule has 3 nitrogen and oxygen atoms in total. The molecule has 0 aliphatic carbocycles. The zero-order valence-corrected chi connectivity index (χ0v) is 12.1. The highest BCUT2D eigenvalue weighted by Crippen LogP contribution is 2.24. The van der Waals surface area contributed by atoms with Crippen LogP contribution in [0.1, 0.15) is 34.7 Å². The van der Waals surface area contributed by atoms with Gasteiger partial charge in [-0.05, 0) is 53.3 Å². The summed E-state index contributed by atoms with van der Waals surface area (Å²) in [6, 6.07) is 11.3. The number of nitrogens with one attached hydrogen (secondary N) is 1. The van der Waals surface area contributed by atoms with Crippen LogP contribution in [0.5, 0.6) is 0 Å². The zero-order valence-electron chi connectivity index (χ0n) is 11.3. The summed E-state index contributed by atoms with van der Waals surface area (Å²) in [5.74, 6) is 0.265. The van der Waals surface area contributed by atoms with E-state index in [2.05, 4.69) is 16.8 Å². The van der Waals surface area contributed by atoms with Gasteiger partial charge in [-0.1, -0.05) is 18.2 Å². The predicted octanol–water partition coefficient (Wildman–Crippen LogP) is 3.03. The summed E-state index contributed by atoms with van der Waals surface area (Å²) in [7, 11) is 0. The first-order valence-corrected chi connectivity index (χ1v) is 7.71. The molecule has 20 heavy (non-hydrogen) atoms. The van der Waals surface area contributed by atoms with Gasteiger partial charge in [0.05, 0.1) is 0 Å². The average molecular weight is 289 g/mol. The van der Waals surface area contributed by atoms with Gasteiger partial charge in [-0.15, -0.1) is 0 Å². The molecule has 4 heteroatoms. The first kappa shape index (κ1) is 14.8. The second-order valence-corrected chi connectivity index (χ2v) is 5.46. The van der Waals surface area contributed by atoms with Crippen molar-refractivity contribution in [2.45, 2.75) is 18.8 Å². The fraction of sp³-hybridized carbons (Fsp3) is 0.312. The molecule has 0 aliphatic rings. The van der Waals surface area contributed by atoms with Crippen LogP contribution in [-0.2, 0) is 0 Å². The Morgan fingerprint density at radius 2 is 2.00 bits per heavy atom. The molecule has 0 saturated heterocycles. The van der Waals surface area contributed by atoms with Gasteiger partial charge in [0.15, 0.2) is 0 Å². The highest BCUT2D eigenvalue weighted by molar-refractivity contribution is 7.07. The molecule has 2 N–H and O–H groups in total. The van der Waals surface area contributed by atoms with Crippen molar-refractivity contribution in [1.29, 1.82) is 0 Å². The monoisotopic (exact) mass is 289 g/mol. The fourth-order valence-corrected chi connectivity index (χ4v) is 2.93. The molecule has 1 amide bonds. The molecule has 0 unspecified atom stereocenters. The van der Waals surface area contributed by atoms with E-state index in [4.69, 9.17) is 5.11 Å². The molecule has 0 bridgehead atoms. The second kappa shape index (κ2) is 7.82. The number of carbonyl (C=O) groups is 1. The van der Waals surface area contributed by atoms with Crippen LogP contribution in [0.25, 0.3) is 0 Å². The van der Waals surface area contributed by atoms with Crippen molar-refractivity contribution in [2.75, 3.05) is 13.2 Å². The summed E-state index contributed by atoms with van der Waals surface area (Å²) in [4.78, 5) is 11.9. The number of thiophene rings is 1. The quantitative estimate of drug-likeness (QED) is 0.823. The number of hydrogen-bond acceptors (Lipinski definition) is 3. The van der Waals surface area contributed by atoms with E-state index in [0.717, 1.165) is 12.8 Å². The van der Waals surface area contributed by atoms with E-state index in [1.54, 1.807) is 23.5 Å². The van der Waals surface area contributed by atoms with Gasteiger partial charge in [-0.2, -0.15) is 11.3 Å². The first-order valence-electron chi connectivity index (χ1n) is 6.77. The maximum absolute atomic E-state index is 11.9. The van der Waals surface area contributed by atoms with Crippen molar-refractivity contribution in [3.05, 3.63) is 58.3 Å². The van der Waals surface area contributed by atoms with Gasteiger partial charge in [0.1, 0.15) is 0 Å². The van der Waals surface area contributed by atoms with E-state index < -0.39 is 0 Å². The smallest absolute Gasteiger partial charge is 0.251 e. The van der Waals surface area contributed by atoms with E-state index in [1.165, 1.54) is 5.56 Å². The van der Waals surface area contributed by atoms with Crippen LogP contribution in [0.15, 0.2) is 47.2 Å². The largest absolute Gasteiger partial charge is 0.396 e. The minimum atomic E-state index is -0.0429. The lowest BCUT2D eigenvalue weighted by atomic mass is 9.95. The van der Waals surface area contributed by atoms with Crippen molar-refractivity contribution in [3.8, 4) is 0 Å². The van der Waals surface area contributed by atoms with Crippen LogP contribution in [0, 0.1) is 0 Å². The molecule has 1 atom stereocenters. The molecule has 0 aliphatic heterocycles. The van der Waals surface area contributed by atoms with Gasteiger partial charge < -0.3 is 10.4 Å². The number of hydrogen-bond donors (Lipinski definition) is 2. The second-order valence-electron chi connectivity index (χ2n) is 4.68. The molecule has 0 saturated carbocycles. The Hall–Kier alpha value is -1.65. The Morgan fingerprint density at radius 3 is 2.65 bits per heavy atom. The highest BCUT2D eigenvalue weighted by Gasteiger charge is 2.12. The van der Waals surface area contributed by atoms with E-state index in [-0.39, 0.29) is 12.5 Å². The Labute approximate surface area is 123 Å². The normalized spacial score (nSPS) is 12.1. The number of aliphatic hydroxyl groups is 1. The van der Waals surface area contributed by atoms with Crippen molar-refractivity contribution < 1.29 is 9.90 Å². The number of carbonyl (C=O) groups excluding carboxylic acids is 1. The van der Waals surface area contributed by atoms with Gasteiger partial charge in [-0.25, -0.2) is 0 Å². The van der Waals surface area contributed by atoms with Crippen LogP contribution in [0.4, 0.5) is 0 Å². The minimum Gasteiger partial charge on any atom is -0.396 e. The number of rotatable bonds is 7. The van der Waals surface area contributed by atoms with Gasteiger partial charge >= 0.3 is 0 Å². The molecule has 1 aromatic carbocycles. The Bertz CT molecular complexity index is 511. The van der Waals surface area contributed by atoms with Crippen molar-refractivity contribution in [3.63, 3.8) is 0 Å². The van der Waals surface area contributed by atoms with Gasteiger partial charge in [0.2, 0.25) is 0 Å². The summed E-state index contributed by atoms with van der Waals surface area (Å²) >= 11 is 1.66. The SMILES string of the molecule is O=C(NCC[C@@H](CCO)c1ccsc1)c1ccccc1. The third kappa shape index (κ3) is 4.18. The lowest BCUT2D eigenvalue weighted by Gasteiger charge is -2.15. The van der Waals surface area contributed by atoms with Crippen LogP contribution in [0.3, 0.4) is 0 Å². The molecule has 106 valence electrons. The van der Waals surface area contributed by atoms with E-state index in [9.17, 15) is 4.79 Å². The van der Waals surface area contributed by atoms with Crippen LogP contribution >= 0.6 is 11.3 Å². The lowest BCUT2D eigenvalue weighted by Crippen LogP contribution is -2.25. The molecule has 2 aromatic rings. The van der Waals surface area contributed by atoms with Gasteiger partial charge in [0, 0.05) is 18.7 Å². The molecule has 0 fully saturated rings. The third-order valence-corrected chi connectivity index (χ3v) is 4.01. The topological polar surface area (TPSA) is 49.3 Å². The van der Waals surface area contributed by atoms with Gasteiger partial charge in [-0.3, -0.25) is 4.79 Å². The summed E-state index contributed by atoms with van der Waals surface area (Å²) in [6.07, 6.45) is 1.58. The summed E-state index contributed by atoms with van der Waals surface area (Å²) < 4.78 is 0. The average Bonchev–Trinajstić information content (AvgIpc) is 3.01. The van der Waals surface area contributed by atoms with E-state index in [1.807, 2.05) is 23.6 Å². The minimum absolute atomic E-state index is 0.0429. The molecule has 0 spiro atoms. The molecule has 2 rings (SSSR count). The number of benzene rings is 1. The van der Waals surface area contributed by atoms with Crippen molar-refractivity contribution in [1.82, 2.24) is 5.32 Å². The lowest BCUT2D eigenvalue weighted by molar-refractivity contribution is 0.0952. The molecular formula is C16H19NO2S. The number of amides is 1. The summed E-state index contributed by atoms with van der Waals surface area (Å²) in [5.41, 5.74) is 1.93. The van der Waals surface area contributed by atoms with Crippen molar-refractivity contribution >= 4 is 17.2 Å². The number of aliphatic hydroxyl groups excluding tert-OH is 1. The van der Waals surface area contributed by atoms with E-state index in [0.29, 0.717) is 18.0 Å². The maximum Gasteiger partial charge on any atom is 0.251 e. The van der Waals surface area contributed by atoms with E-state index >= 15 is 0 Å². The van der Waals surface area contributed by atoms with Crippen LogP contribution < -0.4 is 5.32 Å². The maximum atomic E-state index is 11.9. The zero-order chi connectivity index (χ0) is 14.2. The molecule has 1 heterocycles. The van der Waals surface area contributed by atoms with Crippen LogP contribution in [-0.4, -0.2) is 24.2 Å². The molecular weight excluding hydrogens is 270 g/mol. The van der Waals surface area contributed by atoms with Gasteiger partial charge in [0.25, 0.3) is 5.91 Å². The fourth-order valence-electron chi connectivity index (χ4n) is 2.19. The molecule has 1 aromatic heterocycles. The Kier molecular flexibility index (Phi) is 5.77. The summed E-state index contributed by atoms with van der Waals surface area (Å²) in [5, 5.41) is 16.2. The first-order chi connectivity index (χ1) is 9.81. The van der Waals surface area contributed by atoms with Crippen molar-refractivity contribution in [2.24, 2.45) is 0 Å². The predicted molar refractivity (Wildman–Crippen MR) is 82.2 cm³/mol. The summed E-state index contributed by atoms with van der Waals surface area (Å²) in [6.45, 7) is 0.793. The molecule has 0 radical (unpaired) electrons.